The second kappa shape index (κ2) is 6.12. The summed E-state index contributed by atoms with van der Waals surface area (Å²) in [7, 11) is 0. The summed E-state index contributed by atoms with van der Waals surface area (Å²) < 4.78 is 0. The fourth-order valence-corrected chi connectivity index (χ4v) is 4.93. The van der Waals surface area contributed by atoms with Crippen molar-refractivity contribution in [3.05, 3.63) is 38.8 Å². The average molecular weight is 360 g/mol. The molecule has 4 nitrogen and oxygen atoms in total. The quantitative estimate of drug-likeness (QED) is 0.824. The van der Waals surface area contributed by atoms with Crippen LogP contribution in [0.15, 0.2) is 18.2 Å². The van der Waals surface area contributed by atoms with Gasteiger partial charge in [-0.3, -0.25) is 9.69 Å². The molecule has 0 radical (unpaired) electrons. The summed E-state index contributed by atoms with van der Waals surface area (Å²) in [5.74, 6) is 0.382. The van der Waals surface area contributed by atoms with Crippen LogP contribution in [0.1, 0.15) is 22.9 Å². The smallest absolute Gasteiger partial charge is 0.240 e. The highest BCUT2D eigenvalue weighted by molar-refractivity contribution is 8.00. The number of hydrogen-bond donors (Lipinski definition) is 0. The summed E-state index contributed by atoms with van der Waals surface area (Å²) >= 11 is 15.5. The van der Waals surface area contributed by atoms with Crippen molar-refractivity contribution in [3.63, 3.8) is 0 Å². The first-order chi connectivity index (χ1) is 10.1. The predicted octanol–water partition coefficient (Wildman–Crippen LogP) is 4.19. The number of anilines is 1. The topological polar surface area (TPSA) is 46.1 Å². The molecule has 1 aliphatic rings. The second-order valence-electron chi connectivity index (χ2n) is 4.39. The molecular formula is C13H11Cl2N3OS2. The van der Waals surface area contributed by atoms with E-state index in [9.17, 15) is 4.79 Å². The lowest BCUT2D eigenvalue weighted by atomic mass is 10.2. The average Bonchev–Trinajstić information content (AvgIpc) is 3.05. The number of halogens is 2. The molecule has 0 N–H and O–H groups in total. The molecule has 1 saturated heterocycles. The first-order valence-corrected chi connectivity index (χ1v) is 8.94. The van der Waals surface area contributed by atoms with E-state index in [1.165, 1.54) is 23.1 Å². The van der Waals surface area contributed by atoms with Crippen LogP contribution in [0.3, 0.4) is 0 Å². The zero-order valence-corrected chi connectivity index (χ0v) is 14.2. The highest BCUT2D eigenvalue weighted by Gasteiger charge is 2.38. The molecule has 2 aromatic rings. The SMILES string of the molecule is CCc1nnc(N2C(=O)CSC2c2c(Cl)cccc2Cl)s1. The Morgan fingerprint density at radius 2 is 2.05 bits per heavy atom. The van der Waals surface area contributed by atoms with Gasteiger partial charge in [0.1, 0.15) is 10.4 Å². The van der Waals surface area contributed by atoms with Gasteiger partial charge in [0.05, 0.1) is 5.75 Å². The third kappa shape index (κ3) is 2.77. The van der Waals surface area contributed by atoms with Crippen LogP contribution in [0.5, 0.6) is 0 Å². The van der Waals surface area contributed by atoms with E-state index < -0.39 is 0 Å². The van der Waals surface area contributed by atoms with Gasteiger partial charge in [-0.05, 0) is 18.6 Å². The molecule has 1 aliphatic heterocycles. The van der Waals surface area contributed by atoms with Gasteiger partial charge in [-0.1, -0.05) is 47.5 Å². The van der Waals surface area contributed by atoms with E-state index in [1.807, 2.05) is 6.92 Å². The summed E-state index contributed by atoms with van der Waals surface area (Å²) in [4.78, 5) is 13.9. The van der Waals surface area contributed by atoms with Crippen LogP contribution in [0.2, 0.25) is 10.0 Å². The third-order valence-electron chi connectivity index (χ3n) is 3.08. The van der Waals surface area contributed by atoms with Crippen molar-refractivity contribution in [2.24, 2.45) is 0 Å². The predicted molar refractivity (Wildman–Crippen MR) is 88.4 cm³/mol. The number of carbonyl (C=O) groups excluding carboxylic acids is 1. The Morgan fingerprint density at radius 1 is 1.33 bits per heavy atom. The van der Waals surface area contributed by atoms with Crippen LogP contribution in [-0.4, -0.2) is 21.9 Å². The van der Waals surface area contributed by atoms with Gasteiger partial charge in [0.2, 0.25) is 11.0 Å². The maximum Gasteiger partial charge on any atom is 0.240 e. The number of thioether (sulfide) groups is 1. The lowest BCUT2D eigenvalue weighted by molar-refractivity contribution is -0.115. The van der Waals surface area contributed by atoms with Crippen LogP contribution in [0.25, 0.3) is 0 Å². The van der Waals surface area contributed by atoms with E-state index in [0.29, 0.717) is 20.9 Å². The largest absolute Gasteiger partial charge is 0.273 e. The molecule has 3 rings (SSSR count). The number of nitrogens with zero attached hydrogens (tertiary/aromatic N) is 3. The van der Waals surface area contributed by atoms with Crippen LogP contribution >= 0.6 is 46.3 Å². The fourth-order valence-electron chi connectivity index (χ4n) is 2.08. The van der Waals surface area contributed by atoms with Crippen molar-refractivity contribution in [1.82, 2.24) is 10.2 Å². The molecule has 0 saturated carbocycles. The number of aromatic nitrogens is 2. The lowest BCUT2D eigenvalue weighted by Crippen LogP contribution is -2.28. The van der Waals surface area contributed by atoms with Gasteiger partial charge < -0.3 is 0 Å². The zero-order valence-electron chi connectivity index (χ0n) is 11.0. The van der Waals surface area contributed by atoms with Crippen LogP contribution < -0.4 is 4.90 Å². The first kappa shape index (κ1) is 15.1. The minimum absolute atomic E-state index is 0.000195. The second-order valence-corrected chi connectivity index (χ2v) is 7.32. The maximum atomic E-state index is 12.2. The fraction of sp³-hybridized carbons (Fsp3) is 0.308. The van der Waals surface area contributed by atoms with Crippen LogP contribution in [-0.2, 0) is 11.2 Å². The maximum absolute atomic E-state index is 12.2. The number of rotatable bonds is 3. The highest BCUT2D eigenvalue weighted by Crippen LogP contribution is 2.46. The first-order valence-electron chi connectivity index (χ1n) is 6.31. The van der Waals surface area contributed by atoms with Gasteiger partial charge in [0.25, 0.3) is 0 Å². The monoisotopic (exact) mass is 359 g/mol. The zero-order chi connectivity index (χ0) is 15.0. The van der Waals surface area contributed by atoms with Gasteiger partial charge in [-0.15, -0.1) is 22.0 Å². The number of hydrogen-bond acceptors (Lipinski definition) is 5. The Morgan fingerprint density at radius 3 is 2.67 bits per heavy atom. The summed E-state index contributed by atoms with van der Waals surface area (Å²) in [5, 5.41) is 10.6. The molecule has 1 fully saturated rings. The molecule has 1 unspecified atom stereocenters. The van der Waals surface area contributed by atoms with E-state index in [-0.39, 0.29) is 11.3 Å². The van der Waals surface area contributed by atoms with Crippen molar-refractivity contribution >= 4 is 57.3 Å². The van der Waals surface area contributed by atoms with E-state index in [1.54, 1.807) is 23.1 Å². The molecule has 1 amide bonds. The van der Waals surface area contributed by atoms with Crippen molar-refractivity contribution in [2.45, 2.75) is 18.7 Å². The van der Waals surface area contributed by atoms with Crippen LogP contribution in [0, 0.1) is 0 Å². The Balaban J connectivity index is 2.03. The summed E-state index contributed by atoms with van der Waals surface area (Å²) in [6.07, 6.45) is 0.796. The molecule has 0 aliphatic carbocycles. The lowest BCUT2D eigenvalue weighted by Gasteiger charge is -2.22. The Labute approximate surface area is 140 Å². The Bertz CT molecular complexity index is 672. The van der Waals surface area contributed by atoms with E-state index in [2.05, 4.69) is 10.2 Å². The third-order valence-corrected chi connectivity index (χ3v) is 5.98. The summed E-state index contributed by atoms with van der Waals surface area (Å²) in [6.45, 7) is 2.01. The molecule has 8 heteroatoms. The number of aryl methyl sites for hydroxylation is 1. The standard InChI is InChI=1S/C13H11Cl2N3OS2/c1-2-9-16-17-13(21-9)18-10(19)6-20-12(18)11-7(14)4-3-5-8(11)15/h3-5,12H,2,6H2,1H3. The van der Waals surface area contributed by atoms with Gasteiger partial charge in [0.15, 0.2) is 0 Å². The minimum atomic E-state index is -0.253. The number of carbonyl (C=O) groups is 1. The van der Waals surface area contributed by atoms with E-state index in [0.717, 1.165) is 17.0 Å². The Kier molecular flexibility index (Phi) is 4.40. The van der Waals surface area contributed by atoms with E-state index >= 15 is 0 Å². The van der Waals surface area contributed by atoms with Crippen LogP contribution in [0.4, 0.5) is 5.13 Å². The molecule has 1 atom stereocenters. The normalized spacial score (nSPS) is 18.5. The number of amides is 1. The molecular weight excluding hydrogens is 349 g/mol. The van der Waals surface area contributed by atoms with E-state index in [4.69, 9.17) is 23.2 Å². The van der Waals surface area contributed by atoms with Gasteiger partial charge in [-0.25, -0.2) is 0 Å². The highest BCUT2D eigenvalue weighted by atomic mass is 35.5. The van der Waals surface area contributed by atoms with Crippen molar-refractivity contribution in [3.8, 4) is 0 Å². The molecule has 1 aromatic carbocycles. The molecule has 0 spiro atoms. The van der Waals surface area contributed by atoms with Crippen molar-refractivity contribution in [2.75, 3.05) is 10.7 Å². The van der Waals surface area contributed by atoms with Gasteiger partial charge >= 0.3 is 0 Å². The Hall–Kier alpha value is -0.820. The summed E-state index contributed by atoms with van der Waals surface area (Å²) in [6, 6.07) is 5.35. The molecule has 2 heterocycles. The summed E-state index contributed by atoms with van der Waals surface area (Å²) in [5.41, 5.74) is 0.755. The minimum Gasteiger partial charge on any atom is -0.273 e. The van der Waals surface area contributed by atoms with Gasteiger partial charge in [-0.2, -0.15) is 0 Å². The molecule has 110 valence electrons. The van der Waals surface area contributed by atoms with Gasteiger partial charge in [0, 0.05) is 15.6 Å². The molecule has 0 bridgehead atoms. The van der Waals surface area contributed by atoms with Crippen molar-refractivity contribution < 1.29 is 4.79 Å². The molecule has 21 heavy (non-hydrogen) atoms. The van der Waals surface area contributed by atoms with Crippen molar-refractivity contribution in [1.29, 1.82) is 0 Å². The molecule has 1 aromatic heterocycles. The number of benzene rings is 1.